The first-order chi connectivity index (χ1) is 8.70. The highest BCUT2D eigenvalue weighted by molar-refractivity contribution is 5.53. The number of hydrogen-bond acceptors (Lipinski definition) is 5. The van der Waals surface area contributed by atoms with Crippen molar-refractivity contribution in [2.75, 3.05) is 11.9 Å². The smallest absolute Gasteiger partial charge is 0.263 e. The number of benzene rings is 1. The highest BCUT2D eigenvalue weighted by Crippen LogP contribution is 2.18. The van der Waals surface area contributed by atoms with Crippen LogP contribution in [0.2, 0.25) is 0 Å². The summed E-state index contributed by atoms with van der Waals surface area (Å²) in [6.07, 6.45) is 0. The molecule has 0 aliphatic carbocycles. The van der Waals surface area contributed by atoms with Gasteiger partial charge in [0.05, 0.1) is 0 Å². The number of hydrogen-bond donors (Lipinski definition) is 2. The third-order valence-corrected chi connectivity index (χ3v) is 2.95. The zero-order valence-electron chi connectivity index (χ0n) is 10.5. The molecule has 1 aromatic carbocycles. The molecule has 0 amide bonds. The quantitative estimate of drug-likeness (QED) is 0.847. The first kappa shape index (κ1) is 12.6. The summed E-state index contributed by atoms with van der Waals surface area (Å²) in [7, 11) is 0. The van der Waals surface area contributed by atoms with Gasteiger partial charge in [-0.3, -0.25) is 0 Å². The van der Waals surface area contributed by atoms with Crippen LogP contribution >= 0.6 is 0 Å². The fourth-order valence-electron chi connectivity index (χ4n) is 1.48. The Labute approximate surface area is 106 Å². The van der Waals surface area contributed by atoms with Gasteiger partial charge in [-0.2, -0.15) is 4.98 Å². The molecule has 2 rings (SSSR count). The summed E-state index contributed by atoms with van der Waals surface area (Å²) in [6.45, 7) is 4.05. The molecule has 0 aliphatic rings. The topological polar surface area (TPSA) is 71.2 Å². The van der Waals surface area contributed by atoms with Crippen LogP contribution in [0.15, 0.2) is 34.9 Å². The molecule has 96 valence electrons. The van der Waals surface area contributed by atoms with Gasteiger partial charge in [0.15, 0.2) is 0 Å². The van der Waals surface area contributed by atoms with E-state index in [4.69, 9.17) is 9.63 Å². The van der Waals surface area contributed by atoms with E-state index in [1.54, 1.807) is 0 Å². The van der Waals surface area contributed by atoms with Gasteiger partial charge in [0, 0.05) is 18.2 Å². The summed E-state index contributed by atoms with van der Waals surface area (Å²) in [4.78, 5) is 4.27. The summed E-state index contributed by atoms with van der Waals surface area (Å²) in [6, 6.07) is 9.68. The van der Waals surface area contributed by atoms with Crippen LogP contribution in [0, 0.1) is 5.92 Å². The Bertz CT molecular complexity index is 484. The lowest BCUT2D eigenvalue weighted by atomic mass is 10.1. The second-order valence-corrected chi connectivity index (χ2v) is 4.38. The standard InChI is InChI=1S/C13H17N3O2/c1-9(8-17)10(2)14-13-15-12(18-16-13)11-6-4-3-5-7-11/h3-7,9-10,17H,8H2,1-2H3,(H,14,16). The average molecular weight is 247 g/mol. The molecule has 0 spiro atoms. The number of aliphatic hydroxyl groups is 1. The minimum atomic E-state index is 0.0798. The van der Waals surface area contributed by atoms with E-state index < -0.39 is 0 Å². The molecule has 0 saturated carbocycles. The van der Waals surface area contributed by atoms with Crippen molar-refractivity contribution in [2.45, 2.75) is 19.9 Å². The lowest BCUT2D eigenvalue weighted by Crippen LogP contribution is -2.26. The Hall–Kier alpha value is -1.88. The maximum atomic E-state index is 9.06. The van der Waals surface area contributed by atoms with Crippen LogP contribution in [0.1, 0.15) is 13.8 Å². The van der Waals surface area contributed by atoms with Gasteiger partial charge in [0.1, 0.15) is 0 Å². The van der Waals surface area contributed by atoms with E-state index in [1.807, 2.05) is 44.2 Å². The number of aromatic nitrogens is 2. The predicted octanol–water partition coefficient (Wildman–Crippen LogP) is 2.17. The van der Waals surface area contributed by atoms with Crippen LogP contribution in [0.4, 0.5) is 5.95 Å². The van der Waals surface area contributed by atoms with Gasteiger partial charge in [-0.15, -0.1) is 0 Å². The van der Waals surface area contributed by atoms with E-state index in [1.165, 1.54) is 0 Å². The molecule has 0 aliphatic heterocycles. The van der Waals surface area contributed by atoms with Crippen LogP contribution in [-0.4, -0.2) is 27.9 Å². The highest BCUT2D eigenvalue weighted by atomic mass is 16.5. The molecular formula is C13H17N3O2. The SMILES string of the molecule is CC(CO)C(C)Nc1noc(-c2ccccc2)n1. The number of aliphatic hydroxyl groups excluding tert-OH is 1. The molecule has 0 saturated heterocycles. The highest BCUT2D eigenvalue weighted by Gasteiger charge is 2.14. The van der Waals surface area contributed by atoms with Gasteiger partial charge in [0.2, 0.25) is 0 Å². The van der Waals surface area contributed by atoms with Crippen LogP contribution < -0.4 is 5.32 Å². The predicted molar refractivity (Wildman–Crippen MR) is 69.1 cm³/mol. The van der Waals surface area contributed by atoms with Crippen LogP contribution in [0.5, 0.6) is 0 Å². The van der Waals surface area contributed by atoms with E-state index in [-0.39, 0.29) is 18.6 Å². The molecule has 2 N–H and O–H groups in total. The summed E-state index contributed by atoms with van der Waals surface area (Å²) < 4.78 is 5.18. The van der Waals surface area contributed by atoms with E-state index in [0.717, 1.165) is 5.56 Å². The van der Waals surface area contributed by atoms with Gasteiger partial charge in [0.25, 0.3) is 11.8 Å². The second-order valence-electron chi connectivity index (χ2n) is 4.38. The molecule has 5 heteroatoms. The molecule has 1 aromatic heterocycles. The zero-order valence-corrected chi connectivity index (χ0v) is 10.5. The summed E-state index contributed by atoms with van der Waals surface area (Å²) in [5.74, 6) is 1.06. The Balaban J connectivity index is 2.07. The van der Waals surface area contributed by atoms with Crippen molar-refractivity contribution < 1.29 is 9.63 Å². The molecule has 5 nitrogen and oxygen atoms in total. The zero-order chi connectivity index (χ0) is 13.0. The van der Waals surface area contributed by atoms with E-state index >= 15 is 0 Å². The van der Waals surface area contributed by atoms with E-state index in [0.29, 0.717) is 11.8 Å². The van der Waals surface area contributed by atoms with Crippen molar-refractivity contribution in [1.29, 1.82) is 0 Å². The number of rotatable bonds is 5. The maximum absolute atomic E-state index is 9.06. The van der Waals surface area contributed by atoms with Crippen LogP contribution in [-0.2, 0) is 0 Å². The largest absolute Gasteiger partial charge is 0.396 e. The third kappa shape index (κ3) is 2.87. The van der Waals surface area contributed by atoms with E-state index in [9.17, 15) is 0 Å². The minimum absolute atomic E-state index is 0.0798. The van der Waals surface area contributed by atoms with Crippen molar-refractivity contribution in [3.05, 3.63) is 30.3 Å². The number of anilines is 1. The van der Waals surface area contributed by atoms with Gasteiger partial charge >= 0.3 is 0 Å². The minimum Gasteiger partial charge on any atom is -0.396 e. The molecule has 2 aromatic rings. The first-order valence-corrected chi connectivity index (χ1v) is 5.97. The van der Waals surface area contributed by atoms with Crippen LogP contribution in [0.25, 0.3) is 11.5 Å². The molecule has 18 heavy (non-hydrogen) atoms. The summed E-state index contributed by atoms with van der Waals surface area (Å²) in [5, 5.41) is 16.0. The molecule has 1 heterocycles. The molecule has 0 bridgehead atoms. The molecule has 0 fully saturated rings. The number of nitrogens with one attached hydrogen (secondary N) is 1. The molecule has 2 unspecified atom stereocenters. The Kier molecular flexibility index (Phi) is 3.94. The normalized spacial score (nSPS) is 14.2. The Morgan fingerprint density at radius 2 is 2.00 bits per heavy atom. The van der Waals surface area contributed by atoms with Crippen molar-refractivity contribution in [2.24, 2.45) is 5.92 Å². The van der Waals surface area contributed by atoms with Crippen molar-refractivity contribution in [3.8, 4) is 11.5 Å². The lowest BCUT2D eigenvalue weighted by Gasteiger charge is -2.17. The summed E-state index contributed by atoms with van der Waals surface area (Å²) >= 11 is 0. The van der Waals surface area contributed by atoms with Gasteiger partial charge in [-0.05, 0) is 30.1 Å². The lowest BCUT2D eigenvalue weighted by molar-refractivity contribution is 0.226. The fourth-order valence-corrected chi connectivity index (χ4v) is 1.48. The van der Waals surface area contributed by atoms with Crippen molar-refractivity contribution >= 4 is 5.95 Å². The molecular weight excluding hydrogens is 230 g/mol. The van der Waals surface area contributed by atoms with E-state index in [2.05, 4.69) is 15.5 Å². The summed E-state index contributed by atoms with van der Waals surface area (Å²) in [5.41, 5.74) is 0.890. The monoisotopic (exact) mass is 247 g/mol. The van der Waals surface area contributed by atoms with Crippen molar-refractivity contribution in [3.63, 3.8) is 0 Å². The Morgan fingerprint density at radius 1 is 1.28 bits per heavy atom. The fraction of sp³-hybridized carbons (Fsp3) is 0.385. The number of nitrogens with zero attached hydrogens (tertiary/aromatic N) is 2. The average Bonchev–Trinajstić information content (AvgIpc) is 2.87. The molecule has 0 radical (unpaired) electrons. The molecule has 2 atom stereocenters. The van der Waals surface area contributed by atoms with Gasteiger partial charge < -0.3 is 14.9 Å². The van der Waals surface area contributed by atoms with Crippen LogP contribution in [0.3, 0.4) is 0 Å². The second kappa shape index (κ2) is 5.64. The first-order valence-electron chi connectivity index (χ1n) is 5.97. The Morgan fingerprint density at radius 3 is 2.67 bits per heavy atom. The van der Waals surface area contributed by atoms with Gasteiger partial charge in [-0.1, -0.05) is 25.1 Å². The third-order valence-electron chi connectivity index (χ3n) is 2.95. The maximum Gasteiger partial charge on any atom is 0.263 e. The van der Waals surface area contributed by atoms with Crippen molar-refractivity contribution in [1.82, 2.24) is 10.1 Å². The van der Waals surface area contributed by atoms with Gasteiger partial charge in [-0.25, -0.2) is 0 Å².